The lowest BCUT2D eigenvalue weighted by Crippen LogP contribution is -2.41. The number of hydrogen-bond acceptors (Lipinski definition) is 3. The molecule has 5 heteroatoms. The van der Waals surface area contributed by atoms with E-state index in [1.807, 2.05) is 48.5 Å². The highest BCUT2D eigenvalue weighted by molar-refractivity contribution is 6.04. The third kappa shape index (κ3) is 3.35. The Morgan fingerprint density at radius 1 is 0.962 bits per heavy atom. The van der Waals surface area contributed by atoms with Gasteiger partial charge >= 0.3 is 6.03 Å². The van der Waals surface area contributed by atoms with Crippen molar-refractivity contribution >= 4 is 11.9 Å². The number of carbonyl (C=O) groups excluding carboxylic acids is 2. The van der Waals surface area contributed by atoms with Crippen LogP contribution in [-0.2, 0) is 11.2 Å². The normalized spacial score (nSPS) is 23.5. The molecule has 0 radical (unpaired) electrons. The second kappa shape index (κ2) is 7.30. The van der Waals surface area contributed by atoms with Crippen molar-refractivity contribution in [1.82, 2.24) is 15.1 Å². The Balaban J connectivity index is 1.44. The van der Waals surface area contributed by atoms with Gasteiger partial charge in [0.2, 0.25) is 0 Å². The van der Waals surface area contributed by atoms with Crippen LogP contribution >= 0.6 is 0 Å². The highest BCUT2D eigenvalue weighted by Gasteiger charge is 2.40. The zero-order valence-electron chi connectivity index (χ0n) is 14.7. The monoisotopic (exact) mass is 349 g/mol. The lowest BCUT2D eigenvalue weighted by molar-refractivity contribution is -0.129. The van der Waals surface area contributed by atoms with Crippen molar-refractivity contribution in [3.05, 3.63) is 71.8 Å². The molecule has 26 heavy (non-hydrogen) atoms. The minimum absolute atomic E-state index is 0.127. The van der Waals surface area contributed by atoms with Crippen LogP contribution in [0.4, 0.5) is 4.79 Å². The van der Waals surface area contributed by atoms with E-state index in [0.717, 1.165) is 24.9 Å². The third-order valence-corrected chi connectivity index (χ3v) is 5.26. The molecule has 0 spiro atoms. The number of nitrogens with one attached hydrogen (secondary N) is 1. The number of imide groups is 1. The first-order valence-electron chi connectivity index (χ1n) is 9.17. The number of nitrogens with zero attached hydrogens (tertiary/aromatic N) is 2. The van der Waals surface area contributed by atoms with E-state index < -0.39 is 6.04 Å². The van der Waals surface area contributed by atoms with Gasteiger partial charge in [-0.15, -0.1) is 0 Å². The van der Waals surface area contributed by atoms with Gasteiger partial charge in [-0.3, -0.25) is 9.69 Å². The Morgan fingerprint density at radius 3 is 2.38 bits per heavy atom. The van der Waals surface area contributed by atoms with Crippen LogP contribution < -0.4 is 5.32 Å². The summed E-state index contributed by atoms with van der Waals surface area (Å²) in [6.45, 7) is 1.26. The number of likely N-dealkylation sites (tertiary alicyclic amines) is 1. The first kappa shape index (κ1) is 16.8. The van der Waals surface area contributed by atoms with Crippen LogP contribution in [0.3, 0.4) is 0 Å². The number of rotatable bonds is 5. The average molecular weight is 349 g/mol. The van der Waals surface area contributed by atoms with E-state index in [1.165, 1.54) is 10.5 Å². The molecule has 2 fully saturated rings. The fourth-order valence-electron chi connectivity index (χ4n) is 3.93. The van der Waals surface area contributed by atoms with Gasteiger partial charge in [0.25, 0.3) is 5.91 Å². The van der Waals surface area contributed by atoms with Gasteiger partial charge in [-0.1, -0.05) is 60.7 Å². The Morgan fingerprint density at radius 2 is 1.65 bits per heavy atom. The lowest BCUT2D eigenvalue weighted by atomic mass is 10.0. The smallest absolute Gasteiger partial charge is 0.325 e. The first-order chi connectivity index (χ1) is 12.7. The van der Waals surface area contributed by atoms with Crippen LogP contribution in [0.5, 0.6) is 0 Å². The predicted octanol–water partition coefficient (Wildman–Crippen LogP) is 2.94. The topological polar surface area (TPSA) is 52.7 Å². The van der Waals surface area contributed by atoms with Crippen molar-refractivity contribution < 1.29 is 9.59 Å². The van der Waals surface area contributed by atoms with Gasteiger partial charge in [-0.2, -0.15) is 0 Å². The van der Waals surface area contributed by atoms with Gasteiger partial charge in [0, 0.05) is 19.0 Å². The van der Waals surface area contributed by atoms with Crippen molar-refractivity contribution in [3.63, 3.8) is 0 Å². The minimum atomic E-state index is -0.470. The van der Waals surface area contributed by atoms with Gasteiger partial charge < -0.3 is 5.32 Å². The van der Waals surface area contributed by atoms with E-state index in [4.69, 9.17) is 0 Å². The largest absolute Gasteiger partial charge is 0.325 e. The first-order valence-corrected chi connectivity index (χ1v) is 9.17. The van der Waals surface area contributed by atoms with Crippen LogP contribution in [0.25, 0.3) is 0 Å². The summed E-state index contributed by atoms with van der Waals surface area (Å²) < 4.78 is 0. The maximum absolute atomic E-state index is 12.8. The number of hydrogen-bond donors (Lipinski definition) is 1. The van der Waals surface area contributed by atoms with E-state index in [0.29, 0.717) is 13.1 Å². The molecule has 2 aromatic rings. The maximum Gasteiger partial charge on any atom is 0.325 e. The van der Waals surface area contributed by atoms with Crippen LogP contribution in [0.15, 0.2) is 60.7 Å². The molecule has 2 aliphatic rings. The quantitative estimate of drug-likeness (QED) is 0.845. The highest BCUT2D eigenvalue weighted by atomic mass is 16.2. The van der Waals surface area contributed by atoms with Crippen molar-refractivity contribution in [2.45, 2.75) is 31.3 Å². The molecule has 2 aliphatic heterocycles. The molecule has 4 rings (SSSR count). The molecule has 1 N–H and O–H groups in total. The summed E-state index contributed by atoms with van der Waals surface area (Å²) in [7, 11) is 0. The van der Waals surface area contributed by atoms with Crippen LogP contribution in [0.1, 0.15) is 30.0 Å². The van der Waals surface area contributed by atoms with Gasteiger partial charge in [-0.25, -0.2) is 9.69 Å². The van der Waals surface area contributed by atoms with E-state index >= 15 is 0 Å². The summed E-state index contributed by atoms with van der Waals surface area (Å²) in [6.07, 6.45) is 2.67. The standard InChI is InChI=1S/C21H23N3O2/c25-20-18(14-16-8-3-1-4-9-16)22-21(26)24(20)15-23-13-7-12-19(23)17-10-5-2-6-11-17/h1-6,8-11,18-19H,7,12-15H2,(H,22,26)/t18-,19+/m0/s1. The zero-order chi connectivity index (χ0) is 17.9. The molecule has 2 aromatic carbocycles. The summed E-state index contributed by atoms with van der Waals surface area (Å²) in [5, 5.41) is 2.84. The number of carbonyl (C=O) groups is 2. The third-order valence-electron chi connectivity index (χ3n) is 5.26. The second-order valence-corrected chi connectivity index (χ2v) is 6.98. The van der Waals surface area contributed by atoms with Crippen molar-refractivity contribution in [2.24, 2.45) is 0 Å². The minimum Gasteiger partial charge on any atom is -0.325 e. The molecule has 2 saturated heterocycles. The van der Waals surface area contributed by atoms with E-state index in [1.54, 1.807) is 0 Å². The van der Waals surface area contributed by atoms with Crippen molar-refractivity contribution in [3.8, 4) is 0 Å². The summed E-state index contributed by atoms with van der Waals surface area (Å²) in [6, 6.07) is 19.6. The Hall–Kier alpha value is -2.66. The Kier molecular flexibility index (Phi) is 4.71. The molecule has 134 valence electrons. The second-order valence-electron chi connectivity index (χ2n) is 6.98. The molecule has 2 heterocycles. The zero-order valence-corrected chi connectivity index (χ0v) is 14.7. The van der Waals surface area contributed by atoms with Gasteiger partial charge in [-0.05, 0) is 24.0 Å². The molecule has 0 saturated carbocycles. The molecule has 3 amide bonds. The van der Waals surface area contributed by atoms with E-state index in [-0.39, 0.29) is 18.0 Å². The van der Waals surface area contributed by atoms with Crippen molar-refractivity contribution in [2.75, 3.05) is 13.2 Å². The SMILES string of the molecule is O=C1N[C@@H](Cc2ccccc2)C(=O)N1CN1CCC[C@@H]1c1ccccc1. The Bertz CT molecular complexity index is 778. The van der Waals surface area contributed by atoms with Crippen molar-refractivity contribution in [1.29, 1.82) is 0 Å². The van der Waals surface area contributed by atoms with Gasteiger partial charge in [0.15, 0.2) is 0 Å². The predicted molar refractivity (Wildman–Crippen MR) is 99.3 cm³/mol. The summed E-state index contributed by atoms with van der Waals surface area (Å²) in [5.74, 6) is -0.127. The molecule has 5 nitrogen and oxygen atoms in total. The molecular formula is C21H23N3O2. The highest BCUT2D eigenvalue weighted by Crippen LogP contribution is 2.32. The fourth-order valence-corrected chi connectivity index (χ4v) is 3.93. The maximum atomic E-state index is 12.8. The Labute approximate surface area is 153 Å². The molecule has 0 aromatic heterocycles. The van der Waals surface area contributed by atoms with Gasteiger partial charge in [0.1, 0.15) is 6.04 Å². The molecule has 0 bridgehead atoms. The summed E-state index contributed by atoms with van der Waals surface area (Å²) >= 11 is 0. The van der Waals surface area contributed by atoms with Crippen LogP contribution in [-0.4, -0.2) is 41.0 Å². The van der Waals surface area contributed by atoms with Crippen LogP contribution in [0.2, 0.25) is 0 Å². The number of benzene rings is 2. The molecule has 2 atom stereocenters. The van der Waals surface area contributed by atoms with E-state index in [2.05, 4.69) is 22.3 Å². The molecular weight excluding hydrogens is 326 g/mol. The summed E-state index contributed by atoms with van der Waals surface area (Å²) in [4.78, 5) is 28.8. The van der Waals surface area contributed by atoms with Gasteiger partial charge in [0.05, 0.1) is 6.67 Å². The van der Waals surface area contributed by atoms with E-state index in [9.17, 15) is 9.59 Å². The number of urea groups is 1. The lowest BCUT2D eigenvalue weighted by Gasteiger charge is -2.28. The molecule has 0 aliphatic carbocycles. The van der Waals surface area contributed by atoms with Crippen LogP contribution in [0, 0.1) is 0 Å². The summed E-state index contributed by atoms with van der Waals surface area (Å²) in [5.41, 5.74) is 2.30. The molecule has 0 unspecified atom stereocenters. The number of amides is 3. The average Bonchev–Trinajstić information content (AvgIpc) is 3.24. The fraction of sp³-hybridized carbons (Fsp3) is 0.333.